The van der Waals surface area contributed by atoms with Crippen LogP contribution in [0.15, 0.2) is 75.2 Å². The van der Waals surface area contributed by atoms with Crippen molar-refractivity contribution < 1.29 is 19.1 Å². The summed E-state index contributed by atoms with van der Waals surface area (Å²) in [5.41, 5.74) is 3.90. The normalized spacial score (nSPS) is 15.0. The Balaban J connectivity index is 1.57. The van der Waals surface area contributed by atoms with Crippen LogP contribution < -0.4 is 15.0 Å². The Morgan fingerprint density at radius 1 is 0.941 bits per heavy atom. The standard InChI is InChI=1S/C26H20Br2N2O4/c1-15-4-3-5-18(10-15)14-34-23-9-6-17(13-22(23)28)12-20-24(31)29-26(33)30(25(20)32)19-7-8-21(27)16(2)11-19/h3-13H,14H2,1-2H3,(H,29,31,33)/b20-12+. The van der Waals surface area contributed by atoms with E-state index in [9.17, 15) is 14.4 Å². The van der Waals surface area contributed by atoms with E-state index in [1.165, 1.54) is 6.08 Å². The molecule has 0 radical (unpaired) electrons. The van der Waals surface area contributed by atoms with Crippen LogP contribution in [-0.4, -0.2) is 17.8 Å². The van der Waals surface area contributed by atoms with Crippen LogP contribution in [0.1, 0.15) is 22.3 Å². The first-order valence-electron chi connectivity index (χ1n) is 10.4. The van der Waals surface area contributed by atoms with Crippen molar-refractivity contribution in [1.82, 2.24) is 5.32 Å². The molecule has 0 bridgehead atoms. The smallest absolute Gasteiger partial charge is 0.335 e. The fourth-order valence-corrected chi connectivity index (χ4v) is 4.27. The van der Waals surface area contributed by atoms with Crippen LogP contribution in [0.25, 0.3) is 6.08 Å². The van der Waals surface area contributed by atoms with Crippen LogP contribution in [0.2, 0.25) is 0 Å². The summed E-state index contributed by atoms with van der Waals surface area (Å²) in [5.74, 6) is -0.799. The third-order valence-corrected chi connectivity index (χ3v) is 6.75. The molecular weight excluding hydrogens is 564 g/mol. The molecule has 1 heterocycles. The molecule has 6 nitrogen and oxygen atoms in total. The van der Waals surface area contributed by atoms with E-state index in [1.807, 2.05) is 32.0 Å². The molecule has 0 spiro atoms. The Morgan fingerprint density at radius 2 is 1.74 bits per heavy atom. The molecule has 4 rings (SSSR count). The largest absolute Gasteiger partial charge is 0.488 e. The highest BCUT2D eigenvalue weighted by molar-refractivity contribution is 9.10. The third kappa shape index (κ3) is 5.13. The summed E-state index contributed by atoms with van der Waals surface area (Å²) in [7, 11) is 0. The summed E-state index contributed by atoms with van der Waals surface area (Å²) in [6.45, 7) is 4.28. The maximum absolute atomic E-state index is 13.1. The van der Waals surface area contributed by atoms with E-state index in [-0.39, 0.29) is 5.57 Å². The van der Waals surface area contributed by atoms with E-state index >= 15 is 0 Å². The highest BCUT2D eigenvalue weighted by atomic mass is 79.9. The fraction of sp³-hybridized carbons (Fsp3) is 0.115. The summed E-state index contributed by atoms with van der Waals surface area (Å²) in [6.07, 6.45) is 1.46. The lowest BCUT2D eigenvalue weighted by molar-refractivity contribution is -0.122. The van der Waals surface area contributed by atoms with Gasteiger partial charge in [0.15, 0.2) is 0 Å². The number of rotatable bonds is 5. The molecule has 0 unspecified atom stereocenters. The molecule has 0 saturated carbocycles. The lowest BCUT2D eigenvalue weighted by atomic mass is 10.1. The molecule has 0 aliphatic carbocycles. The molecule has 3 aromatic carbocycles. The van der Waals surface area contributed by atoms with E-state index in [0.717, 1.165) is 26.1 Å². The number of halogens is 2. The van der Waals surface area contributed by atoms with Crippen LogP contribution >= 0.6 is 31.9 Å². The molecule has 1 N–H and O–H groups in total. The van der Waals surface area contributed by atoms with Gasteiger partial charge in [0.1, 0.15) is 17.9 Å². The number of imide groups is 2. The molecule has 3 aromatic rings. The van der Waals surface area contributed by atoms with Gasteiger partial charge in [-0.15, -0.1) is 0 Å². The summed E-state index contributed by atoms with van der Waals surface area (Å²) in [6, 6.07) is 17.6. The highest BCUT2D eigenvalue weighted by Crippen LogP contribution is 2.30. The van der Waals surface area contributed by atoms with Gasteiger partial charge in [0.2, 0.25) is 0 Å². The van der Waals surface area contributed by atoms with Gasteiger partial charge in [-0.05, 0) is 82.9 Å². The minimum atomic E-state index is -0.782. The number of carbonyl (C=O) groups excluding carboxylic acids is 3. The zero-order valence-electron chi connectivity index (χ0n) is 18.4. The maximum Gasteiger partial charge on any atom is 0.335 e. The first kappa shape index (κ1) is 23.9. The molecule has 172 valence electrons. The zero-order valence-corrected chi connectivity index (χ0v) is 21.6. The number of nitrogens with zero attached hydrogens (tertiary/aromatic N) is 1. The molecule has 1 aliphatic rings. The van der Waals surface area contributed by atoms with Gasteiger partial charge in [-0.3, -0.25) is 14.9 Å². The molecular formula is C26H20Br2N2O4. The number of aryl methyl sites for hydroxylation is 2. The second-order valence-corrected chi connectivity index (χ2v) is 9.57. The molecule has 0 atom stereocenters. The highest BCUT2D eigenvalue weighted by Gasteiger charge is 2.36. The van der Waals surface area contributed by atoms with E-state index in [2.05, 4.69) is 43.2 Å². The molecule has 34 heavy (non-hydrogen) atoms. The first-order valence-corrected chi connectivity index (χ1v) is 12.0. The monoisotopic (exact) mass is 582 g/mol. The van der Waals surface area contributed by atoms with Crippen molar-refractivity contribution in [2.75, 3.05) is 4.90 Å². The lowest BCUT2D eigenvalue weighted by Crippen LogP contribution is -2.54. The molecule has 0 aromatic heterocycles. The van der Waals surface area contributed by atoms with Gasteiger partial charge >= 0.3 is 6.03 Å². The Labute approximate surface area is 213 Å². The average molecular weight is 584 g/mol. The number of hydrogen-bond acceptors (Lipinski definition) is 4. The first-order chi connectivity index (χ1) is 16.2. The molecule has 1 fully saturated rings. The Bertz CT molecular complexity index is 1350. The van der Waals surface area contributed by atoms with Crippen molar-refractivity contribution in [3.63, 3.8) is 0 Å². The fourth-order valence-electron chi connectivity index (χ4n) is 3.51. The predicted octanol–water partition coefficient (Wildman–Crippen LogP) is 6.07. The Hall–Kier alpha value is -3.23. The summed E-state index contributed by atoms with van der Waals surface area (Å²) in [4.78, 5) is 39.0. The SMILES string of the molecule is Cc1cccc(COc2ccc(/C=C3\C(=O)NC(=O)N(c4ccc(Br)c(C)c4)C3=O)cc2Br)c1. The number of anilines is 1. The summed E-state index contributed by atoms with van der Waals surface area (Å²) in [5, 5.41) is 2.24. The lowest BCUT2D eigenvalue weighted by Gasteiger charge is -2.26. The molecule has 1 aliphatic heterocycles. The van der Waals surface area contributed by atoms with E-state index in [4.69, 9.17) is 4.74 Å². The van der Waals surface area contributed by atoms with Gasteiger partial charge in [-0.1, -0.05) is 51.8 Å². The van der Waals surface area contributed by atoms with Crippen LogP contribution in [0, 0.1) is 13.8 Å². The van der Waals surface area contributed by atoms with Gasteiger partial charge in [0, 0.05) is 4.47 Å². The number of ether oxygens (including phenoxy) is 1. The van der Waals surface area contributed by atoms with Crippen LogP contribution in [0.3, 0.4) is 0 Å². The van der Waals surface area contributed by atoms with Crippen molar-refractivity contribution in [2.24, 2.45) is 0 Å². The third-order valence-electron chi connectivity index (χ3n) is 5.25. The van der Waals surface area contributed by atoms with Crippen molar-refractivity contribution >= 4 is 61.5 Å². The van der Waals surface area contributed by atoms with Gasteiger partial charge in [0.25, 0.3) is 11.8 Å². The van der Waals surface area contributed by atoms with E-state index in [0.29, 0.717) is 28.1 Å². The number of barbiturate groups is 1. The topological polar surface area (TPSA) is 75.7 Å². The maximum atomic E-state index is 13.1. The quantitative estimate of drug-likeness (QED) is 0.292. The summed E-state index contributed by atoms with van der Waals surface area (Å²) >= 11 is 6.90. The Morgan fingerprint density at radius 3 is 2.44 bits per heavy atom. The van der Waals surface area contributed by atoms with Gasteiger partial charge in [-0.2, -0.15) is 0 Å². The van der Waals surface area contributed by atoms with Crippen molar-refractivity contribution in [3.8, 4) is 5.75 Å². The van der Waals surface area contributed by atoms with E-state index in [1.54, 1.807) is 36.4 Å². The number of carbonyl (C=O) groups is 3. The van der Waals surface area contributed by atoms with Gasteiger partial charge in [-0.25, -0.2) is 9.69 Å². The minimum absolute atomic E-state index is 0.138. The number of hydrogen-bond donors (Lipinski definition) is 1. The number of amides is 4. The number of benzene rings is 3. The minimum Gasteiger partial charge on any atom is -0.488 e. The molecule has 8 heteroatoms. The summed E-state index contributed by atoms with van der Waals surface area (Å²) < 4.78 is 7.43. The second-order valence-electron chi connectivity index (χ2n) is 7.86. The van der Waals surface area contributed by atoms with Gasteiger partial charge in [0.05, 0.1) is 10.2 Å². The van der Waals surface area contributed by atoms with Crippen molar-refractivity contribution in [2.45, 2.75) is 20.5 Å². The second kappa shape index (κ2) is 9.95. The van der Waals surface area contributed by atoms with Crippen molar-refractivity contribution in [3.05, 3.63) is 97.4 Å². The average Bonchev–Trinajstić information content (AvgIpc) is 2.78. The zero-order chi connectivity index (χ0) is 24.4. The number of nitrogens with one attached hydrogen (secondary N) is 1. The van der Waals surface area contributed by atoms with Crippen molar-refractivity contribution in [1.29, 1.82) is 0 Å². The molecule has 4 amide bonds. The van der Waals surface area contributed by atoms with Crippen LogP contribution in [0.5, 0.6) is 5.75 Å². The van der Waals surface area contributed by atoms with Crippen LogP contribution in [-0.2, 0) is 16.2 Å². The Kier molecular flexibility index (Phi) is 7.00. The molecule has 1 saturated heterocycles. The predicted molar refractivity (Wildman–Crippen MR) is 138 cm³/mol. The van der Waals surface area contributed by atoms with Gasteiger partial charge < -0.3 is 4.74 Å². The van der Waals surface area contributed by atoms with E-state index < -0.39 is 17.8 Å². The van der Waals surface area contributed by atoms with Crippen LogP contribution in [0.4, 0.5) is 10.5 Å². The number of urea groups is 1.